The van der Waals surface area contributed by atoms with Gasteiger partial charge in [-0.15, -0.1) is 0 Å². The molecule has 0 unspecified atom stereocenters. The molecular weight excluding hydrogens is 260 g/mol. The molecule has 0 spiro atoms. The van der Waals surface area contributed by atoms with Crippen molar-refractivity contribution in [2.24, 2.45) is 0 Å². The molecule has 0 amide bonds. The van der Waals surface area contributed by atoms with Crippen molar-refractivity contribution in [3.05, 3.63) is 35.9 Å². The van der Waals surface area contributed by atoms with E-state index in [2.05, 4.69) is 40.1 Å². The summed E-state index contributed by atoms with van der Waals surface area (Å²) in [6, 6.07) is 11.7. The molecule has 1 aromatic rings. The summed E-state index contributed by atoms with van der Waals surface area (Å²) in [6.45, 7) is 7.78. The summed E-state index contributed by atoms with van der Waals surface area (Å²) in [7, 11) is 0. The highest BCUT2D eigenvalue weighted by Gasteiger charge is 2.24. The molecule has 0 saturated carbocycles. The zero-order valence-corrected chi connectivity index (χ0v) is 13.0. The Balaban J connectivity index is 1.51. The first kappa shape index (κ1) is 15.0. The molecule has 0 aromatic heterocycles. The van der Waals surface area contributed by atoms with Gasteiger partial charge in [-0.25, -0.2) is 0 Å². The average molecular weight is 288 g/mol. The SMILES string of the molecule is c1ccc(CCN2CCCC[C@@H]2CN2CCOCC2)cc1. The fraction of sp³-hybridized carbons (Fsp3) is 0.667. The molecule has 0 aliphatic carbocycles. The van der Waals surface area contributed by atoms with Gasteiger partial charge in [-0.3, -0.25) is 9.80 Å². The number of nitrogens with zero attached hydrogens (tertiary/aromatic N) is 2. The van der Waals surface area contributed by atoms with Crippen LogP contribution in [-0.4, -0.2) is 61.8 Å². The minimum Gasteiger partial charge on any atom is -0.379 e. The lowest BCUT2D eigenvalue weighted by atomic mass is 10.0. The first-order valence-electron chi connectivity index (χ1n) is 8.50. The van der Waals surface area contributed by atoms with Gasteiger partial charge in [0.15, 0.2) is 0 Å². The molecule has 1 aromatic carbocycles. The Morgan fingerprint density at radius 1 is 1.00 bits per heavy atom. The molecule has 2 aliphatic heterocycles. The van der Waals surface area contributed by atoms with Gasteiger partial charge in [0.2, 0.25) is 0 Å². The van der Waals surface area contributed by atoms with Crippen molar-refractivity contribution in [2.45, 2.75) is 31.7 Å². The maximum atomic E-state index is 5.47. The van der Waals surface area contributed by atoms with E-state index in [9.17, 15) is 0 Å². The minimum absolute atomic E-state index is 0.751. The van der Waals surface area contributed by atoms with Crippen LogP contribution in [0.3, 0.4) is 0 Å². The fourth-order valence-electron chi connectivity index (χ4n) is 3.56. The summed E-state index contributed by atoms with van der Waals surface area (Å²) in [5, 5.41) is 0. The second kappa shape index (κ2) is 7.92. The highest BCUT2D eigenvalue weighted by molar-refractivity contribution is 5.14. The van der Waals surface area contributed by atoms with Gasteiger partial charge in [0.1, 0.15) is 0 Å². The van der Waals surface area contributed by atoms with Crippen LogP contribution in [0.5, 0.6) is 0 Å². The van der Waals surface area contributed by atoms with Crippen LogP contribution < -0.4 is 0 Å². The largest absolute Gasteiger partial charge is 0.379 e. The Morgan fingerprint density at radius 2 is 1.81 bits per heavy atom. The molecule has 2 saturated heterocycles. The second-order valence-corrected chi connectivity index (χ2v) is 6.33. The Morgan fingerprint density at radius 3 is 2.62 bits per heavy atom. The molecule has 2 fully saturated rings. The van der Waals surface area contributed by atoms with Crippen molar-refractivity contribution in [2.75, 3.05) is 45.9 Å². The van der Waals surface area contributed by atoms with Gasteiger partial charge in [-0.05, 0) is 31.4 Å². The molecule has 0 N–H and O–H groups in total. The van der Waals surface area contributed by atoms with Crippen LogP contribution in [0.2, 0.25) is 0 Å². The number of hydrogen-bond acceptors (Lipinski definition) is 3. The van der Waals surface area contributed by atoms with E-state index >= 15 is 0 Å². The van der Waals surface area contributed by atoms with Crippen LogP contribution in [0.25, 0.3) is 0 Å². The van der Waals surface area contributed by atoms with Crippen LogP contribution in [0, 0.1) is 0 Å². The maximum Gasteiger partial charge on any atom is 0.0594 e. The van der Waals surface area contributed by atoms with Crippen molar-refractivity contribution >= 4 is 0 Å². The molecule has 2 heterocycles. The van der Waals surface area contributed by atoms with Crippen LogP contribution in [-0.2, 0) is 11.2 Å². The number of likely N-dealkylation sites (tertiary alicyclic amines) is 1. The van der Waals surface area contributed by atoms with Gasteiger partial charge >= 0.3 is 0 Å². The van der Waals surface area contributed by atoms with Gasteiger partial charge in [-0.2, -0.15) is 0 Å². The first-order valence-corrected chi connectivity index (χ1v) is 8.50. The third-order valence-corrected chi connectivity index (χ3v) is 4.85. The Bertz CT molecular complexity index is 403. The third kappa shape index (κ3) is 4.53. The van der Waals surface area contributed by atoms with E-state index in [0.29, 0.717) is 0 Å². The van der Waals surface area contributed by atoms with Crippen molar-refractivity contribution in [3.63, 3.8) is 0 Å². The quantitative estimate of drug-likeness (QED) is 0.827. The van der Waals surface area contributed by atoms with Crippen molar-refractivity contribution in [1.29, 1.82) is 0 Å². The zero-order chi connectivity index (χ0) is 14.3. The van der Waals surface area contributed by atoms with Gasteiger partial charge in [0.25, 0.3) is 0 Å². The summed E-state index contributed by atoms with van der Waals surface area (Å²) in [5.41, 5.74) is 1.47. The summed E-state index contributed by atoms with van der Waals surface area (Å²) in [4.78, 5) is 5.32. The Labute approximate surface area is 128 Å². The topological polar surface area (TPSA) is 15.7 Å². The minimum atomic E-state index is 0.751. The predicted molar refractivity (Wildman–Crippen MR) is 86.6 cm³/mol. The number of morpholine rings is 1. The second-order valence-electron chi connectivity index (χ2n) is 6.33. The van der Waals surface area contributed by atoms with Crippen LogP contribution >= 0.6 is 0 Å². The normalized spacial score (nSPS) is 25.0. The van der Waals surface area contributed by atoms with E-state index in [1.807, 2.05) is 0 Å². The highest BCUT2D eigenvalue weighted by atomic mass is 16.5. The number of benzene rings is 1. The standard InChI is InChI=1S/C18H28N2O/c1-2-6-17(7-3-1)9-11-20-10-5-4-8-18(20)16-19-12-14-21-15-13-19/h1-3,6-7,18H,4-5,8-16H2/t18-/m1/s1. The van der Waals surface area contributed by atoms with Gasteiger partial charge < -0.3 is 4.74 Å². The van der Waals surface area contributed by atoms with Gasteiger partial charge in [0, 0.05) is 32.2 Å². The highest BCUT2D eigenvalue weighted by Crippen LogP contribution is 2.19. The molecule has 3 heteroatoms. The van der Waals surface area contributed by atoms with E-state index in [0.717, 1.165) is 32.3 Å². The Hall–Kier alpha value is -0.900. The zero-order valence-electron chi connectivity index (χ0n) is 13.0. The smallest absolute Gasteiger partial charge is 0.0594 e. The van der Waals surface area contributed by atoms with Crippen LogP contribution in [0.4, 0.5) is 0 Å². The molecule has 3 rings (SSSR count). The fourth-order valence-corrected chi connectivity index (χ4v) is 3.56. The first-order chi connectivity index (χ1) is 10.4. The molecule has 0 radical (unpaired) electrons. The van der Waals surface area contributed by atoms with Crippen molar-refractivity contribution in [1.82, 2.24) is 9.80 Å². The molecule has 116 valence electrons. The van der Waals surface area contributed by atoms with Gasteiger partial charge in [0.05, 0.1) is 13.2 Å². The molecule has 2 aliphatic rings. The molecule has 3 nitrogen and oxygen atoms in total. The molecule has 21 heavy (non-hydrogen) atoms. The summed E-state index contributed by atoms with van der Waals surface area (Å²) in [6.07, 6.45) is 5.32. The summed E-state index contributed by atoms with van der Waals surface area (Å²) in [5.74, 6) is 0. The Kier molecular flexibility index (Phi) is 5.67. The average Bonchev–Trinajstić information content (AvgIpc) is 2.56. The van der Waals surface area contributed by atoms with E-state index in [4.69, 9.17) is 4.74 Å². The molecular formula is C18H28N2O. The van der Waals surface area contributed by atoms with Crippen LogP contribution in [0.15, 0.2) is 30.3 Å². The number of hydrogen-bond donors (Lipinski definition) is 0. The number of piperidine rings is 1. The van der Waals surface area contributed by atoms with Crippen molar-refractivity contribution in [3.8, 4) is 0 Å². The lowest BCUT2D eigenvalue weighted by Gasteiger charge is -2.39. The monoisotopic (exact) mass is 288 g/mol. The van der Waals surface area contributed by atoms with Gasteiger partial charge in [-0.1, -0.05) is 36.8 Å². The van der Waals surface area contributed by atoms with E-state index in [-0.39, 0.29) is 0 Å². The lowest BCUT2D eigenvalue weighted by molar-refractivity contribution is 0.0169. The molecule has 1 atom stereocenters. The van der Waals surface area contributed by atoms with E-state index in [1.54, 1.807) is 0 Å². The number of ether oxygens (including phenoxy) is 1. The van der Waals surface area contributed by atoms with E-state index < -0.39 is 0 Å². The van der Waals surface area contributed by atoms with Crippen LogP contribution in [0.1, 0.15) is 24.8 Å². The summed E-state index contributed by atoms with van der Waals surface area (Å²) < 4.78 is 5.47. The predicted octanol–water partition coefficient (Wildman–Crippen LogP) is 2.42. The third-order valence-electron chi connectivity index (χ3n) is 4.85. The van der Waals surface area contributed by atoms with Crippen molar-refractivity contribution < 1.29 is 4.74 Å². The summed E-state index contributed by atoms with van der Waals surface area (Å²) >= 11 is 0. The lowest BCUT2D eigenvalue weighted by Crippen LogP contribution is -2.49. The molecule has 0 bridgehead atoms. The maximum absolute atomic E-state index is 5.47. The number of rotatable bonds is 5. The van der Waals surface area contributed by atoms with E-state index in [1.165, 1.54) is 50.9 Å².